The first-order valence-electron chi connectivity index (χ1n) is 9.37. The van der Waals surface area contributed by atoms with Crippen LogP contribution in [-0.2, 0) is 11.3 Å². The maximum atomic E-state index is 12.7. The van der Waals surface area contributed by atoms with Gasteiger partial charge in [-0.25, -0.2) is 0 Å². The lowest BCUT2D eigenvalue weighted by Crippen LogP contribution is -2.40. The molecule has 1 N–H and O–H groups in total. The zero-order valence-electron chi connectivity index (χ0n) is 15.7. The Morgan fingerprint density at radius 2 is 1.77 bits per heavy atom. The minimum absolute atomic E-state index is 0.0546. The van der Waals surface area contributed by atoms with E-state index in [0.717, 1.165) is 43.8 Å². The Kier molecular flexibility index (Phi) is 6.29. The van der Waals surface area contributed by atoms with E-state index in [1.165, 1.54) is 5.56 Å². The molecule has 0 radical (unpaired) electrons. The molecular weight excluding hydrogens is 324 g/mol. The van der Waals surface area contributed by atoms with E-state index in [-0.39, 0.29) is 17.9 Å². The first kappa shape index (κ1) is 18.5. The second-order valence-electron chi connectivity index (χ2n) is 7.01. The van der Waals surface area contributed by atoms with Crippen molar-refractivity contribution in [1.29, 1.82) is 0 Å². The number of amides is 1. The van der Waals surface area contributed by atoms with Gasteiger partial charge in [-0.15, -0.1) is 0 Å². The molecule has 1 amide bonds. The van der Waals surface area contributed by atoms with Crippen LogP contribution in [0, 0.1) is 5.92 Å². The van der Waals surface area contributed by atoms with Gasteiger partial charge in [-0.3, -0.25) is 9.69 Å². The number of benzene rings is 2. The zero-order chi connectivity index (χ0) is 18.4. The highest BCUT2D eigenvalue weighted by molar-refractivity contribution is 5.79. The van der Waals surface area contributed by atoms with Gasteiger partial charge in [0.15, 0.2) is 0 Å². The van der Waals surface area contributed by atoms with Gasteiger partial charge in [-0.1, -0.05) is 48.5 Å². The molecule has 1 unspecified atom stereocenters. The number of hydrogen-bond acceptors (Lipinski definition) is 3. The van der Waals surface area contributed by atoms with Crippen molar-refractivity contribution >= 4 is 5.91 Å². The van der Waals surface area contributed by atoms with Crippen LogP contribution in [0.2, 0.25) is 0 Å². The molecule has 0 saturated carbocycles. The quantitative estimate of drug-likeness (QED) is 0.860. The van der Waals surface area contributed by atoms with Crippen LogP contribution in [0.25, 0.3) is 0 Å². The van der Waals surface area contributed by atoms with Crippen molar-refractivity contribution < 1.29 is 9.53 Å². The van der Waals surface area contributed by atoms with Crippen molar-refractivity contribution in [3.05, 3.63) is 65.7 Å². The maximum absolute atomic E-state index is 12.7. The molecule has 1 heterocycles. The van der Waals surface area contributed by atoms with Crippen molar-refractivity contribution in [2.24, 2.45) is 5.92 Å². The molecule has 2 aromatic rings. The lowest BCUT2D eigenvalue weighted by Gasteiger charge is -2.32. The molecule has 2 aromatic carbocycles. The van der Waals surface area contributed by atoms with Gasteiger partial charge in [-0.2, -0.15) is 0 Å². The molecule has 1 saturated heterocycles. The maximum Gasteiger partial charge on any atom is 0.223 e. The van der Waals surface area contributed by atoms with Crippen LogP contribution in [0.15, 0.2) is 54.6 Å². The van der Waals surface area contributed by atoms with Gasteiger partial charge < -0.3 is 10.1 Å². The summed E-state index contributed by atoms with van der Waals surface area (Å²) in [5, 5.41) is 3.17. The van der Waals surface area contributed by atoms with Crippen LogP contribution in [-0.4, -0.2) is 31.0 Å². The van der Waals surface area contributed by atoms with Crippen LogP contribution in [0.3, 0.4) is 0 Å². The number of hydrogen-bond donors (Lipinski definition) is 1. The summed E-state index contributed by atoms with van der Waals surface area (Å²) in [7, 11) is 1.66. The number of para-hydroxylation sites is 1. The number of rotatable bonds is 6. The normalized spacial score (nSPS) is 16.8. The smallest absolute Gasteiger partial charge is 0.223 e. The van der Waals surface area contributed by atoms with Crippen molar-refractivity contribution in [2.75, 3.05) is 20.2 Å². The van der Waals surface area contributed by atoms with Crippen LogP contribution in [0.4, 0.5) is 0 Å². The van der Waals surface area contributed by atoms with Crippen LogP contribution >= 0.6 is 0 Å². The van der Waals surface area contributed by atoms with E-state index in [0.29, 0.717) is 0 Å². The van der Waals surface area contributed by atoms with E-state index in [2.05, 4.69) is 34.5 Å². The van der Waals surface area contributed by atoms with Gasteiger partial charge in [0.25, 0.3) is 0 Å². The molecule has 4 nitrogen and oxygen atoms in total. The van der Waals surface area contributed by atoms with Crippen molar-refractivity contribution in [3.63, 3.8) is 0 Å². The Balaban J connectivity index is 1.50. The summed E-state index contributed by atoms with van der Waals surface area (Å²) in [5.74, 6) is 1.07. The lowest BCUT2D eigenvalue weighted by molar-refractivity contribution is -0.127. The third-order valence-corrected chi connectivity index (χ3v) is 5.17. The summed E-state index contributed by atoms with van der Waals surface area (Å²) in [6.07, 6.45) is 1.83. The van der Waals surface area contributed by atoms with E-state index in [4.69, 9.17) is 4.74 Å². The van der Waals surface area contributed by atoms with E-state index < -0.39 is 0 Å². The predicted octanol–water partition coefficient (Wildman–Crippen LogP) is 3.78. The van der Waals surface area contributed by atoms with Crippen LogP contribution in [0.5, 0.6) is 5.75 Å². The molecule has 26 heavy (non-hydrogen) atoms. The summed E-state index contributed by atoms with van der Waals surface area (Å²) in [5.41, 5.74) is 2.35. The van der Waals surface area contributed by atoms with Gasteiger partial charge in [0.05, 0.1) is 13.2 Å². The highest BCUT2D eigenvalue weighted by atomic mass is 16.5. The number of nitrogens with one attached hydrogen (secondary N) is 1. The molecule has 0 aliphatic carbocycles. The standard InChI is InChI=1S/C22H28N2O2/c1-17(20-10-6-7-11-21(20)26-2)23-22(25)19-12-14-24(15-13-19)16-18-8-4-3-5-9-18/h3-11,17,19H,12-16H2,1-2H3,(H,23,25). The van der Waals surface area contributed by atoms with Crippen LogP contribution < -0.4 is 10.1 Å². The van der Waals surface area contributed by atoms with E-state index in [9.17, 15) is 4.79 Å². The number of likely N-dealkylation sites (tertiary alicyclic amines) is 1. The second kappa shape index (κ2) is 8.86. The Morgan fingerprint density at radius 1 is 1.12 bits per heavy atom. The number of methoxy groups -OCH3 is 1. The molecule has 1 aliphatic heterocycles. The fourth-order valence-electron chi connectivity index (χ4n) is 3.63. The molecular formula is C22H28N2O2. The highest BCUT2D eigenvalue weighted by Crippen LogP contribution is 2.26. The minimum Gasteiger partial charge on any atom is -0.496 e. The fourth-order valence-corrected chi connectivity index (χ4v) is 3.63. The Bertz CT molecular complexity index is 709. The summed E-state index contributed by atoms with van der Waals surface area (Å²) in [6.45, 7) is 4.92. The van der Waals surface area contributed by atoms with Gasteiger partial charge in [0.1, 0.15) is 5.75 Å². The van der Waals surface area contributed by atoms with Gasteiger partial charge in [0, 0.05) is 18.0 Å². The lowest BCUT2D eigenvalue weighted by atomic mass is 9.94. The third-order valence-electron chi connectivity index (χ3n) is 5.17. The van der Waals surface area contributed by atoms with Crippen LogP contribution in [0.1, 0.15) is 36.9 Å². The number of carbonyl (C=O) groups excluding carboxylic acids is 1. The van der Waals surface area contributed by atoms with E-state index >= 15 is 0 Å². The molecule has 0 aromatic heterocycles. The Morgan fingerprint density at radius 3 is 2.46 bits per heavy atom. The monoisotopic (exact) mass is 352 g/mol. The molecule has 1 atom stereocenters. The molecule has 1 fully saturated rings. The van der Waals surface area contributed by atoms with Crippen molar-refractivity contribution in [3.8, 4) is 5.75 Å². The van der Waals surface area contributed by atoms with Gasteiger partial charge in [-0.05, 0) is 44.5 Å². The molecule has 4 heteroatoms. The second-order valence-corrected chi connectivity index (χ2v) is 7.01. The molecule has 3 rings (SSSR count). The Hall–Kier alpha value is -2.33. The number of piperidine rings is 1. The van der Waals surface area contributed by atoms with Gasteiger partial charge >= 0.3 is 0 Å². The Labute approximate surface area is 156 Å². The summed E-state index contributed by atoms with van der Waals surface area (Å²) in [6, 6.07) is 18.3. The topological polar surface area (TPSA) is 41.6 Å². The zero-order valence-corrected chi connectivity index (χ0v) is 15.7. The minimum atomic E-state index is -0.0546. The van der Waals surface area contributed by atoms with Crippen molar-refractivity contribution in [2.45, 2.75) is 32.4 Å². The van der Waals surface area contributed by atoms with E-state index in [1.807, 2.05) is 37.3 Å². The predicted molar refractivity (Wildman–Crippen MR) is 104 cm³/mol. The third kappa shape index (κ3) is 4.64. The first-order chi connectivity index (χ1) is 12.7. The average Bonchev–Trinajstić information content (AvgIpc) is 2.69. The largest absolute Gasteiger partial charge is 0.496 e. The number of carbonyl (C=O) groups is 1. The molecule has 0 bridgehead atoms. The molecule has 0 spiro atoms. The highest BCUT2D eigenvalue weighted by Gasteiger charge is 2.26. The summed E-state index contributed by atoms with van der Waals surface area (Å²) < 4.78 is 5.41. The molecule has 138 valence electrons. The fraction of sp³-hybridized carbons (Fsp3) is 0.409. The number of nitrogens with zero attached hydrogens (tertiary/aromatic N) is 1. The van der Waals surface area contributed by atoms with Gasteiger partial charge in [0.2, 0.25) is 5.91 Å². The SMILES string of the molecule is COc1ccccc1C(C)NC(=O)C1CCN(Cc2ccccc2)CC1. The average molecular weight is 352 g/mol. The number of ether oxygens (including phenoxy) is 1. The van der Waals surface area contributed by atoms with E-state index in [1.54, 1.807) is 7.11 Å². The molecule has 1 aliphatic rings. The first-order valence-corrected chi connectivity index (χ1v) is 9.37. The summed E-state index contributed by atoms with van der Waals surface area (Å²) >= 11 is 0. The summed E-state index contributed by atoms with van der Waals surface area (Å²) in [4.78, 5) is 15.1. The van der Waals surface area contributed by atoms with Crippen molar-refractivity contribution in [1.82, 2.24) is 10.2 Å².